The molecular formula is C25H33F3N4O7S. The molecule has 1 aromatic carbocycles. The first-order valence-corrected chi connectivity index (χ1v) is 13.9. The molecular weight excluding hydrogens is 557 g/mol. The minimum Gasteiger partial charge on any atom is -0.478 e. The molecule has 0 bridgehead atoms. The van der Waals surface area contributed by atoms with Crippen LogP contribution in [0.15, 0.2) is 47.5 Å². The smallest absolute Gasteiger partial charge is 0.478 e. The molecule has 0 atom stereocenters. The average Bonchev–Trinajstić information content (AvgIpc) is 2.91. The highest BCUT2D eigenvalue weighted by Gasteiger charge is 2.38. The number of rotatable bonds is 11. The highest BCUT2D eigenvalue weighted by Crippen LogP contribution is 2.30. The van der Waals surface area contributed by atoms with E-state index in [0.29, 0.717) is 24.9 Å². The van der Waals surface area contributed by atoms with Gasteiger partial charge < -0.3 is 24.7 Å². The molecule has 0 saturated carbocycles. The number of aromatic carboxylic acids is 1. The molecule has 0 spiro atoms. The van der Waals surface area contributed by atoms with Crippen LogP contribution in [-0.4, -0.2) is 92.6 Å². The van der Waals surface area contributed by atoms with Crippen LogP contribution in [0, 0.1) is 0 Å². The number of ether oxygens (including phenoxy) is 1. The topological polar surface area (TPSA) is 149 Å². The van der Waals surface area contributed by atoms with Crippen molar-refractivity contribution >= 4 is 33.5 Å². The van der Waals surface area contributed by atoms with E-state index in [1.165, 1.54) is 24.4 Å². The average molecular weight is 591 g/mol. The zero-order valence-corrected chi connectivity index (χ0v) is 22.9. The number of piperidine rings is 1. The Kier molecular flexibility index (Phi) is 12.1. The highest BCUT2D eigenvalue weighted by molar-refractivity contribution is 7.92. The van der Waals surface area contributed by atoms with Crippen LogP contribution in [0.4, 0.5) is 24.7 Å². The molecule has 1 aliphatic heterocycles. The van der Waals surface area contributed by atoms with Crippen molar-refractivity contribution in [2.24, 2.45) is 0 Å². The van der Waals surface area contributed by atoms with E-state index in [2.05, 4.69) is 21.7 Å². The number of sulfonamides is 1. The Hall–Kier alpha value is -3.43. The maximum absolute atomic E-state index is 12.9. The largest absolute Gasteiger partial charge is 0.490 e. The molecule has 1 aromatic heterocycles. The van der Waals surface area contributed by atoms with Gasteiger partial charge in [0.25, 0.3) is 10.0 Å². The number of aromatic nitrogens is 1. The Balaban J connectivity index is 0.000000708. The van der Waals surface area contributed by atoms with Crippen molar-refractivity contribution in [3.63, 3.8) is 0 Å². The minimum absolute atomic E-state index is 0.0755. The first-order valence-electron chi connectivity index (χ1n) is 12.4. The molecule has 1 fully saturated rings. The van der Waals surface area contributed by atoms with Gasteiger partial charge in [0, 0.05) is 45.1 Å². The summed E-state index contributed by atoms with van der Waals surface area (Å²) in [4.78, 5) is 29.2. The van der Waals surface area contributed by atoms with Crippen molar-refractivity contribution < 1.29 is 46.1 Å². The van der Waals surface area contributed by atoms with Crippen LogP contribution in [0.2, 0.25) is 0 Å². The summed E-state index contributed by atoms with van der Waals surface area (Å²) in [6.45, 7) is 5.82. The van der Waals surface area contributed by atoms with Gasteiger partial charge in [-0.15, -0.1) is 0 Å². The lowest BCUT2D eigenvalue weighted by molar-refractivity contribution is -0.192. The lowest BCUT2D eigenvalue weighted by atomic mass is 10.0. The molecule has 3 N–H and O–H groups in total. The number of nitrogens with one attached hydrogen (secondary N) is 1. The van der Waals surface area contributed by atoms with Crippen LogP contribution >= 0.6 is 0 Å². The van der Waals surface area contributed by atoms with E-state index >= 15 is 0 Å². The maximum atomic E-state index is 12.9. The summed E-state index contributed by atoms with van der Waals surface area (Å²) in [5, 5.41) is 16.5. The Morgan fingerprint density at radius 1 is 1.18 bits per heavy atom. The number of aliphatic carboxylic acids is 1. The summed E-state index contributed by atoms with van der Waals surface area (Å²) in [5.74, 6) is -3.48. The summed E-state index contributed by atoms with van der Waals surface area (Å²) in [6, 6.07) is 9.73. The number of alkyl halides is 3. The molecule has 2 aromatic rings. The fraction of sp³-hybridized carbons (Fsp3) is 0.480. The van der Waals surface area contributed by atoms with Gasteiger partial charge in [-0.3, -0.25) is 4.72 Å². The van der Waals surface area contributed by atoms with Gasteiger partial charge >= 0.3 is 18.1 Å². The Labute approximate surface area is 230 Å². The van der Waals surface area contributed by atoms with Crippen LogP contribution < -0.4 is 9.62 Å². The van der Waals surface area contributed by atoms with Crippen LogP contribution in [0.5, 0.6) is 0 Å². The number of anilines is 2. The number of carboxylic acid groups (broad SMARTS) is 2. The lowest BCUT2D eigenvalue weighted by Crippen LogP contribution is -2.44. The number of halogens is 3. The molecule has 0 amide bonds. The van der Waals surface area contributed by atoms with Crippen molar-refractivity contribution in [1.82, 2.24) is 9.88 Å². The van der Waals surface area contributed by atoms with Crippen molar-refractivity contribution in [3.8, 4) is 0 Å². The van der Waals surface area contributed by atoms with Gasteiger partial charge in [-0.25, -0.2) is 23.0 Å². The van der Waals surface area contributed by atoms with Crippen molar-refractivity contribution in [1.29, 1.82) is 0 Å². The quantitative estimate of drug-likeness (QED) is 0.332. The van der Waals surface area contributed by atoms with Gasteiger partial charge in [-0.05, 0) is 51.4 Å². The molecule has 3 rings (SSSR count). The van der Waals surface area contributed by atoms with Gasteiger partial charge in [0.1, 0.15) is 0 Å². The standard InChI is InChI=1S/C23H32N4O5S.C2HF3O2/c1-3-32-15-7-12-26(2)19-10-13-27(14-11-19)22-21(16-18(17-24-22)23(28)29)25-33(30,31)20-8-5-4-6-9-20;3-2(4,5)1(6)7/h4-6,8-9,16-17,19,25H,3,7,10-15H2,1-2H3,(H,28,29);(H,6,7). The molecule has 1 aliphatic rings. The van der Waals surface area contributed by atoms with Crippen molar-refractivity contribution in [2.45, 2.75) is 43.3 Å². The normalized spacial score (nSPS) is 14.4. The molecule has 0 aliphatic carbocycles. The number of carbonyl (C=O) groups is 2. The van der Waals surface area contributed by atoms with Crippen LogP contribution in [0.3, 0.4) is 0 Å². The predicted molar refractivity (Wildman–Crippen MR) is 141 cm³/mol. The monoisotopic (exact) mass is 590 g/mol. The zero-order chi connectivity index (χ0) is 29.9. The molecule has 2 heterocycles. The van der Waals surface area contributed by atoms with E-state index in [1.54, 1.807) is 18.2 Å². The second-order valence-corrected chi connectivity index (χ2v) is 10.6. The zero-order valence-electron chi connectivity index (χ0n) is 22.1. The molecule has 0 radical (unpaired) electrons. The number of hydrogen-bond donors (Lipinski definition) is 3. The number of hydrogen-bond acceptors (Lipinski definition) is 8. The highest BCUT2D eigenvalue weighted by atomic mass is 32.2. The van der Waals surface area contributed by atoms with Crippen LogP contribution in [0.1, 0.15) is 36.5 Å². The SMILES string of the molecule is CCOCCCN(C)C1CCN(c2ncc(C(=O)O)cc2NS(=O)(=O)c2ccccc2)CC1.O=C(O)C(F)(F)F. The van der Waals surface area contributed by atoms with Crippen LogP contribution in [-0.2, 0) is 19.6 Å². The van der Waals surface area contributed by atoms with Gasteiger partial charge in [-0.2, -0.15) is 13.2 Å². The second kappa shape index (κ2) is 14.8. The van der Waals surface area contributed by atoms with Gasteiger partial charge in [0.15, 0.2) is 5.82 Å². The summed E-state index contributed by atoms with van der Waals surface area (Å²) in [7, 11) is -1.77. The van der Waals surface area contributed by atoms with E-state index in [4.69, 9.17) is 14.6 Å². The number of nitrogens with zero attached hydrogens (tertiary/aromatic N) is 3. The van der Waals surface area contributed by atoms with Gasteiger partial charge in [0.2, 0.25) is 0 Å². The summed E-state index contributed by atoms with van der Waals surface area (Å²) < 4.78 is 65.5. The molecule has 1 saturated heterocycles. The first kappa shape index (κ1) is 32.8. The third-order valence-electron chi connectivity index (χ3n) is 6.04. The number of benzene rings is 1. The maximum Gasteiger partial charge on any atom is 0.490 e. The molecule has 40 heavy (non-hydrogen) atoms. The minimum atomic E-state index is -5.08. The first-order chi connectivity index (χ1) is 18.8. The summed E-state index contributed by atoms with van der Waals surface area (Å²) in [5.41, 5.74) is 0.0932. The Morgan fingerprint density at radius 2 is 1.77 bits per heavy atom. The van der Waals surface area contributed by atoms with Gasteiger partial charge in [0.05, 0.1) is 16.1 Å². The molecule has 11 nitrogen and oxygen atoms in total. The van der Waals surface area contributed by atoms with E-state index < -0.39 is 28.1 Å². The van der Waals surface area contributed by atoms with Crippen molar-refractivity contribution in [2.75, 3.05) is 49.5 Å². The number of carboxylic acids is 2. The number of pyridine rings is 1. The predicted octanol–water partition coefficient (Wildman–Crippen LogP) is 3.54. The molecule has 0 unspecified atom stereocenters. The van der Waals surface area contributed by atoms with Gasteiger partial charge in [-0.1, -0.05) is 18.2 Å². The summed E-state index contributed by atoms with van der Waals surface area (Å²) >= 11 is 0. The summed E-state index contributed by atoms with van der Waals surface area (Å²) in [6.07, 6.45) is -1.03. The Bertz CT molecular complexity index is 1220. The molecule has 15 heteroatoms. The third kappa shape index (κ3) is 9.95. The van der Waals surface area contributed by atoms with E-state index in [-0.39, 0.29) is 16.1 Å². The van der Waals surface area contributed by atoms with E-state index in [0.717, 1.165) is 39.0 Å². The van der Waals surface area contributed by atoms with E-state index in [9.17, 15) is 31.5 Å². The second-order valence-electron chi connectivity index (χ2n) is 8.87. The Morgan fingerprint density at radius 3 is 2.30 bits per heavy atom. The third-order valence-corrected chi connectivity index (χ3v) is 7.43. The lowest BCUT2D eigenvalue weighted by Gasteiger charge is -2.38. The fourth-order valence-corrected chi connectivity index (χ4v) is 5.04. The fourth-order valence-electron chi connectivity index (χ4n) is 3.97. The van der Waals surface area contributed by atoms with Crippen LogP contribution in [0.25, 0.3) is 0 Å². The molecule has 222 valence electrons. The van der Waals surface area contributed by atoms with E-state index in [1.807, 2.05) is 11.8 Å². The van der Waals surface area contributed by atoms with Crippen molar-refractivity contribution in [3.05, 3.63) is 48.2 Å².